The Morgan fingerprint density at radius 3 is 2.89 bits per heavy atom. The van der Waals surface area contributed by atoms with E-state index in [2.05, 4.69) is 51.3 Å². The number of rotatable bonds is 3. The molecule has 2 heterocycles. The van der Waals surface area contributed by atoms with Crippen LogP contribution in [0.2, 0.25) is 0 Å². The van der Waals surface area contributed by atoms with Crippen LogP contribution in [-0.2, 0) is 20.0 Å². The molecule has 0 fully saturated rings. The lowest BCUT2D eigenvalue weighted by Crippen LogP contribution is -1.96. The Hall–Kier alpha value is -2.10. The maximum absolute atomic E-state index is 4.66. The van der Waals surface area contributed by atoms with Crippen LogP contribution >= 0.6 is 0 Å². The predicted octanol–water partition coefficient (Wildman–Crippen LogP) is 2.38. The van der Waals surface area contributed by atoms with Gasteiger partial charge in [0.25, 0.3) is 0 Å². The minimum atomic E-state index is 0.841. The van der Waals surface area contributed by atoms with Gasteiger partial charge >= 0.3 is 0 Å². The summed E-state index contributed by atoms with van der Waals surface area (Å²) in [6, 6.07) is 6.46. The molecule has 0 bridgehead atoms. The Morgan fingerprint density at radius 1 is 1.28 bits per heavy atom. The van der Waals surface area contributed by atoms with E-state index in [-0.39, 0.29) is 0 Å². The lowest BCUT2D eigenvalue weighted by atomic mass is 10.2. The van der Waals surface area contributed by atoms with Gasteiger partial charge in [-0.1, -0.05) is 13.0 Å². The standard InChI is InChI=1S/C14H16N4/c1-3-14-16-12-8-11(4-5-13(12)17(14)2)9-18-7-6-15-10-18/h4-8,10H,3,9H2,1-2H3. The van der Waals surface area contributed by atoms with E-state index in [1.165, 1.54) is 11.1 Å². The highest BCUT2D eigenvalue weighted by Crippen LogP contribution is 2.17. The molecule has 18 heavy (non-hydrogen) atoms. The van der Waals surface area contributed by atoms with Crippen molar-refractivity contribution < 1.29 is 0 Å². The van der Waals surface area contributed by atoms with E-state index in [0.717, 1.165) is 24.3 Å². The van der Waals surface area contributed by atoms with Crippen LogP contribution in [0, 0.1) is 0 Å². The van der Waals surface area contributed by atoms with E-state index in [4.69, 9.17) is 0 Å². The Bertz CT molecular complexity index is 664. The molecule has 92 valence electrons. The van der Waals surface area contributed by atoms with Gasteiger partial charge in [0.1, 0.15) is 5.82 Å². The molecule has 3 aromatic rings. The zero-order valence-electron chi connectivity index (χ0n) is 10.7. The summed E-state index contributed by atoms with van der Waals surface area (Å²) in [5, 5.41) is 0. The maximum atomic E-state index is 4.66. The highest BCUT2D eigenvalue weighted by Gasteiger charge is 2.06. The van der Waals surface area contributed by atoms with Crippen LogP contribution in [0.4, 0.5) is 0 Å². The molecule has 1 aromatic carbocycles. The number of aryl methyl sites for hydroxylation is 2. The molecule has 4 nitrogen and oxygen atoms in total. The molecule has 0 aliphatic heterocycles. The monoisotopic (exact) mass is 240 g/mol. The second-order valence-electron chi connectivity index (χ2n) is 4.50. The summed E-state index contributed by atoms with van der Waals surface area (Å²) in [6.07, 6.45) is 6.57. The van der Waals surface area contributed by atoms with E-state index >= 15 is 0 Å². The maximum Gasteiger partial charge on any atom is 0.109 e. The van der Waals surface area contributed by atoms with E-state index in [9.17, 15) is 0 Å². The smallest absolute Gasteiger partial charge is 0.109 e. The van der Waals surface area contributed by atoms with Gasteiger partial charge in [0.2, 0.25) is 0 Å². The van der Waals surface area contributed by atoms with E-state index in [0.29, 0.717) is 0 Å². The van der Waals surface area contributed by atoms with Crippen molar-refractivity contribution in [3.05, 3.63) is 48.3 Å². The highest BCUT2D eigenvalue weighted by molar-refractivity contribution is 5.76. The molecule has 3 rings (SSSR count). The van der Waals surface area contributed by atoms with Crippen molar-refractivity contribution in [3.8, 4) is 0 Å². The fourth-order valence-electron chi connectivity index (χ4n) is 2.30. The molecular weight excluding hydrogens is 224 g/mol. The van der Waals surface area contributed by atoms with Gasteiger partial charge in [-0.3, -0.25) is 0 Å². The summed E-state index contributed by atoms with van der Waals surface area (Å²) in [7, 11) is 2.07. The van der Waals surface area contributed by atoms with Crippen LogP contribution in [0.1, 0.15) is 18.3 Å². The normalized spacial score (nSPS) is 11.2. The van der Waals surface area contributed by atoms with Gasteiger partial charge in [-0.15, -0.1) is 0 Å². The lowest BCUT2D eigenvalue weighted by molar-refractivity contribution is 0.798. The first-order chi connectivity index (χ1) is 8.78. The third-order valence-corrected chi connectivity index (χ3v) is 3.28. The summed E-state index contributed by atoms with van der Waals surface area (Å²) < 4.78 is 4.22. The van der Waals surface area contributed by atoms with Crippen LogP contribution in [-0.4, -0.2) is 19.1 Å². The Morgan fingerprint density at radius 2 is 2.17 bits per heavy atom. The van der Waals surface area contributed by atoms with Crippen LogP contribution in [0.3, 0.4) is 0 Å². The van der Waals surface area contributed by atoms with E-state index in [1.54, 1.807) is 6.20 Å². The third-order valence-electron chi connectivity index (χ3n) is 3.28. The number of nitrogens with zero attached hydrogens (tertiary/aromatic N) is 4. The van der Waals surface area contributed by atoms with Crippen molar-refractivity contribution in [3.63, 3.8) is 0 Å². The quantitative estimate of drug-likeness (QED) is 0.704. The molecule has 0 radical (unpaired) electrons. The topological polar surface area (TPSA) is 35.6 Å². The minimum Gasteiger partial charge on any atom is -0.333 e. The van der Waals surface area contributed by atoms with Crippen molar-refractivity contribution in [2.75, 3.05) is 0 Å². The van der Waals surface area contributed by atoms with Crippen molar-refractivity contribution in [1.29, 1.82) is 0 Å². The first-order valence-corrected chi connectivity index (χ1v) is 6.18. The molecule has 0 amide bonds. The Balaban J connectivity index is 2.00. The van der Waals surface area contributed by atoms with Gasteiger partial charge < -0.3 is 9.13 Å². The second kappa shape index (κ2) is 4.29. The van der Waals surface area contributed by atoms with Crippen molar-refractivity contribution in [2.45, 2.75) is 19.9 Å². The van der Waals surface area contributed by atoms with Gasteiger partial charge in [-0.25, -0.2) is 9.97 Å². The first kappa shape index (κ1) is 11.0. The molecule has 2 aromatic heterocycles. The van der Waals surface area contributed by atoms with Gasteiger partial charge in [-0.2, -0.15) is 0 Å². The number of aromatic nitrogens is 4. The SMILES string of the molecule is CCc1nc2cc(Cn3ccnc3)ccc2n1C. The van der Waals surface area contributed by atoms with Crippen LogP contribution < -0.4 is 0 Å². The number of fused-ring (bicyclic) bond motifs is 1. The molecule has 0 saturated carbocycles. The Labute approximate surface area is 106 Å². The molecule has 0 atom stereocenters. The van der Waals surface area contributed by atoms with Crippen molar-refractivity contribution in [2.24, 2.45) is 7.05 Å². The molecular formula is C14H16N4. The van der Waals surface area contributed by atoms with Gasteiger partial charge in [0, 0.05) is 32.4 Å². The molecule has 0 N–H and O–H groups in total. The van der Waals surface area contributed by atoms with Crippen LogP contribution in [0.25, 0.3) is 11.0 Å². The van der Waals surface area contributed by atoms with Crippen molar-refractivity contribution >= 4 is 11.0 Å². The predicted molar refractivity (Wildman–Crippen MR) is 71.4 cm³/mol. The van der Waals surface area contributed by atoms with E-state index in [1.807, 2.05) is 12.5 Å². The van der Waals surface area contributed by atoms with E-state index < -0.39 is 0 Å². The third kappa shape index (κ3) is 1.79. The molecule has 0 aliphatic rings. The second-order valence-corrected chi connectivity index (χ2v) is 4.50. The molecule has 4 heteroatoms. The van der Waals surface area contributed by atoms with Crippen LogP contribution in [0.15, 0.2) is 36.9 Å². The molecule has 0 aliphatic carbocycles. The first-order valence-electron chi connectivity index (χ1n) is 6.18. The van der Waals surface area contributed by atoms with Crippen LogP contribution in [0.5, 0.6) is 0 Å². The molecule has 0 unspecified atom stereocenters. The van der Waals surface area contributed by atoms with Gasteiger partial charge in [0.05, 0.1) is 17.4 Å². The fourth-order valence-corrected chi connectivity index (χ4v) is 2.30. The number of imidazole rings is 2. The van der Waals surface area contributed by atoms with Gasteiger partial charge in [-0.05, 0) is 17.7 Å². The number of benzene rings is 1. The number of hydrogen-bond donors (Lipinski definition) is 0. The number of hydrogen-bond acceptors (Lipinski definition) is 2. The summed E-state index contributed by atoms with van der Waals surface area (Å²) in [4.78, 5) is 8.71. The largest absolute Gasteiger partial charge is 0.333 e. The summed E-state index contributed by atoms with van der Waals surface area (Å²) >= 11 is 0. The molecule has 0 saturated heterocycles. The highest BCUT2D eigenvalue weighted by atomic mass is 15.1. The summed E-state index contributed by atoms with van der Waals surface area (Å²) in [6.45, 7) is 2.97. The summed E-state index contributed by atoms with van der Waals surface area (Å²) in [5.41, 5.74) is 3.52. The average molecular weight is 240 g/mol. The zero-order chi connectivity index (χ0) is 12.5. The molecule has 0 spiro atoms. The fraction of sp³-hybridized carbons (Fsp3) is 0.286. The summed E-state index contributed by atoms with van der Waals surface area (Å²) in [5.74, 6) is 1.13. The Kier molecular flexibility index (Phi) is 2.63. The zero-order valence-corrected chi connectivity index (χ0v) is 10.7. The average Bonchev–Trinajstić information content (AvgIpc) is 2.98. The minimum absolute atomic E-state index is 0.841. The van der Waals surface area contributed by atoms with Gasteiger partial charge in [0.15, 0.2) is 0 Å². The lowest BCUT2D eigenvalue weighted by Gasteiger charge is -2.03. The van der Waals surface area contributed by atoms with Crippen molar-refractivity contribution in [1.82, 2.24) is 19.1 Å².